The fraction of sp³-hybridized carbons (Fsp3) is 0.562. The Bertz CT molecular complexity index is 1090. The van der Waals surface area contributed by atoms with E-state index in [0.29, 0.717) is 23.0 Å². The maximum atomic E-state index is 13.5. The van der Waals surface area contributed by atoms with Gasteiger partial charge < -0.3 is 30.2 Å². The van der Waals surface area contributed by atoms with E-state index >= 15 is 0 Å². The molecule has 2 aromatic rings. The Morgan fingerprint density at radius 1 is 0.976 bits per heavy atom. The van der Waals surface area contributed by atoms with Crippen molar-refractivity contribution < 1.29 is 23.8 Å². The molecule has 8 nitrogen and oxygen atoms in total. The highest BCUT2D eigenvalue weighted by molar-refractivity contribution is 6.30. The third-order valence-electron chi connectivity index (χ3n) is 7.68. The molecule has 0 heterocycles. The molecule has 1 saturated carbocycles. The number of unbranched alkanes of at least 4 members (excludes halogenated alkanes) is 2. The molecule has 0 aromatic heterocycles. The zero-order valence-corrected chi connectivity index (χ0v) is 25.4. The minimum absolute atomic E-state index is 0.0945. The van der Waals surface area contributed by atoms with Gasteiger partial charge in [-0.3, -0.25) is 4.79 Å². The van der Waals surface area contributed by atoms with Crippen molar-refractivity contribution >= 4 is 23.6 Å². The van der Waals surface area contributed by atoms with E-state index in [0.717, 1.165) is 61.8 Å². The highest BCUT2D eigenvalue weighted by Gasteiger charge is 2.23. The summed E-state index contributed by atoms with van der Waals surface area (Å²) in [7, 11) is 4.99. The first-order chi connectivity index (χ1) is 19.9. The molecule has 9 heteroatoms. The molecule has 226 valence electrons. The number of likely N-dealkylation sites (N-methyl/N-ethyl adjacent to an activating group) is 1. The average molecular weight is 588 g/mol. The molecular formula is C32H46ClN3O5. The molecule has 41 heavy (non-hydrogen) atoms. The summed E-state index contributed by atoms with van der Waals surface area (Å²) in [5.74, 6) is 0.322. The second-order valence-electron chi connectivity index (χ2n) is 10.6. The number of amides is 2. The van der Waals surface area contributed by atoms with Gasteiger partial charge in [0.05, 0.1) is 13.7 Å². The van der Waals surface area contributed by atoms with Crippen molar-refractivity contribution in [2.75, 3.05) is 47.6 Å². The zero-order valence-electron chi connectivity index (χ0n) is 24.7. The number of ether oxygens (including phenoxy) is 3. The van der Waals surface area contributed by atoms with Crippen molar-refractivity contribution in [1.29, 1.82) is 0 Å². The number of nitrogens with one attached hydrogen (secondary N) is 3. The van der Waals surface area contributed by atoms with Crippen molar-refractivity contribution in [1.82, 2.24) is 16.0 Å². The van der Waals surface area contributed by atoms with E-state index in [1.54, 1.807) is 7.11 Å². The van der Waals surface area contributed by atoms with E-state index in [-0.39, 0.29) is 25.1 Å². The minimum atomic E-state index is -0.509. The lowest BCUT2D eigenvalue weighted by molar-refractivity contribution is 0.0803. The molecule has 0 radical (unpaired) electrons. The standard InChI is InChI=1S/C32H46ClN3O5/c1-34-29(14-5-4-8-16-39-2)22-36-31(37)27-19-25(23-10-6-7-11-23)18-26(20-27)30(24-12-9-13-28(33)21-24)41-17-15-35-32(38)40-3/h9,12-13,18-21,23,29-30,34H,4-8,10-11,14-17,22H2,1-3H3,(H,35,38)(H,36,37). The first-order valence-electron chi connectivity index (χ1n) is 14.7. The lowest BCUT2D eigenvalue weighted by atomic mass is 9.90. The summed E-state index contributed by atoms with van der Waals surface area (Å²) < 4.78 is 16.1. The van der Waals surface area contributed by atoms with Gasteiger partial charge in [-0.1, -0.05) is 55.5 Å². The molecule has 1 aliphatic carbocycles. The zero-order chi connectivity index (χ0) is 29.5. The number of methoxy groups -OCH3 is 2. The Hall–Kier alpha value is -2.65. The quantitative estimate of drug-likeness (QED) is 0.197. The molecule has 2 unspecified atom stereocenters. The highest BCUT2D eigenvalue weighted by atomic mass is 35.5. The fourth-order valence-corrected chi connectivity index (χ4v) is 5.59. The summed E-state index contributed by atoms with van der Waals surface area (Å²) >= 11 is 6.35. The molecule has 0 bridgehead atoms. The molecule has 3 N–H and O–H groups in total. The Balaban J connectivity index is 1.81. The first-order valence-corrected chi connectivity index (χ1v) is 15.1. The van der Waals surface area contributed by atoms with Crippen LogP contribution >= 0.6 is 11.6 Å². The molecule has 1 fully saturated rings. The van der Waals surface area contributed by atoms with E-state index in [1.165, 1.54) is 20.0 Å². The van der Waals surface area contributed by atoms with Crippen LogP contribution in [-0.2, 0) is 14.2 Å². The van der Waals surface area contributed by atoms with Crippen molar-refractivity contribution in [2.45, 2.75) is 69.4 Å². The van der Waals surface area contributed by atoms with Crippen LogP contribution in [0.1, 0.15) is 90.4 Å². The van der Waals surface area contributed by atoms with Crippen molar-refractivity contribution in [3.63, 3.8) is 0 Å². The molecule has 2 atom stereocenters. The number of halogens is 1. The lowest BCUT2D eigenvalue weighted by Gasteiger charge is -2.23. The summed E-state index contributed by atoms with van der Waals surface area (Å²) in [5.41, 5.74) is 3.57. The maximum absolute atomic E-state index is 13.5. The Morgan fingerprint density at radius 3 is 2.49 bits per heavy atom. The van der Waals surface area contributed by atoms with Gasteiger partial charge in [-0.15, -0.1) is 0 Å². The second-order valence-corrected chi connectivity index (χ2v) is 11.1. The van der Waals surface area contributed by atoms with Gasteiger partial charge in [0.2, 0.25) is 0 Å². The van der Waals surface area contributed by atoms with Crippen LogP contribution in [-0.4, -0.2) is 65.6 Å². The van der Waals surface area contributed by atoms with Crippen LogP contribution in [0.2, 0.25) is 5.02 Å². The van der Waals surface area contributed by atoms with E-state index in [2.05, 4.69) is 26.8 Å². The summed E-state index contributed by atoms with van der Waals surface area (Å²) in [4.78, 5) is 25.0. The van der Waals surface area contributed by atoms with Crippen molar-refractivity contribution in [2.24, 2.45) is 0 Å². The number of rotatable bonds is 17. The second kappa shape index (κ2) is 18.0. The molecule has 2 aromatic carbocycles. The Labute approximate surface area is 249 Å². The van der Waals surface area contributed by atoms with Gasteiger partial charge in [0, 0.05) is 43.4 Å². The Morgan fingerprint density at radius 2 is 1.78 bits per heavy atom. The number of alkyl carbamates (subject to hydrolysis) is 1. The van der Waals surface area contributed by atoms with Crippen LogP contribution in [0.15, 0.2) is 42.5 Å². The lowest BCUT2D eigenvalue weighted by Crippen LogP contribution is -2.39. The first kappa shape index (κ1) is 32.9. The van der Waals surface area contributed by atoms with Gasteiger partial charge in [-0.2, -0.15) is 0 Å². The number of hydrogen-bond donors (Lipinski definition) is 3. The van der Waals surface area contributed by atoms with Crippen LogP contribution < -0.4 is 16.0 Å². The largest absolute Gasteiger partial charge is 0.453 e. The SMILES string of the molecule is CNC(CCCCCOC)CNC(=O)c1cc(C2CCCC2)cc(C(OCCNC(=O)OC)c2cccc(Cl)c2)c1. The van der Waals surface area contributed by atoms with Crippen LogP contribution in [0.25, 0.3) is 0 Å². The molecule has 1 aliphatic rings. The van der Waals surface area contributed by atoms with E-state index in [9.17, 15) is 9.59 Å². The molecule has 2 amide bonds. The minimum Gasteiger partial charge on any atom is -0.453 e. The van der Waals surface area contributed by atoms with Gasteiger partial charge in [0.15, 0.2) is 0 Å². The van der Waals surface area contributed by atoms with Gasteiger partial charge >= 0.3 is 6.09 Å². The van der Waals surface area contributed by atoms with Gasteiger partial charge in [-0.05, 0) is 79.6 Å². The number of carbonyl (C=O) groups is 2. The van der Waals surface area contributed by atoms with Crippen LogP contribution in [0, 0.1) is 0 Å². The van der Waals surface area contributed by atoms with E-state index in [1.807, 2.05) is 43.4 Å². The van der Waals surface area contributed by atoms with E-state index in [4.69, 9.17) is 21.1 Å². The summed E-state index contributed by atoms with van der Waals surface area (Å²) in [6, 6.07) is 13.9. The maximum Gasteiger partial charge on any atom is 0.406 e. The van der Waals surface area contributed by atoms with Crippen molar-refractivity contribution in [3.05, 3.63) is 69.7 Å². The third kappa shape index (κ3) is 10.9. The molecule has 0 spiro atoms. The molecule has 3 rings (SSSR count). The van der Waals surface area contributed by atoms with Crippen LogP contribution in [0.4, 0.5) is 4.79 Å². The molecular weight excluding hydrogens is 542 g/mol. The van der Waals surface area contributed by atoms with E-state index < -0.39 is 12.2 Å². The molecule has 0 saturated heterocycles. The van der Waals surface area contributed by atoms with Gasteiger partial charge in [0.1, 0.15) is 6.10 Å². The number of benzene rings is 2. The number of hydrogen-bond acceptors (Lipinski definition) is 6. The normalized spacial score (nSPS) is 14.9. The monoisotopic (exact) mass is 587 g/mol. The Kier molecular flexibility index (Phi) is 14.4. The summed E-state index contributed by atoms with van der Waals surface area (Å²) in [5, 5.41) is 9.75. The van der Waals surface area contributed by atoms with Gasteiger partial charge in [-0.25, -0.2) is 4.79 Å². The van der Waals surface area contributed by atoms with Gasteiger partial charge in [0.25, 0.3) is 5.91 Å². The predicted molar refractivity (Wildman–Crippen MR) is 163 cm³/mol. The van der Waals surface area contributed by atoms with Crippen molar-refractivity contribution in [3.8, 4) is 0 Å². The number of carbonyl (C=O) groups excluding carboxylic acids is 2. The molecule has 0 aliphatic heterocycles. The predicted octanol–water partition coefficient (Wildman–Crippen LogP) is 5.98. The smallest absolute Gasteiger partial charge is 0.406 e. The third-order valence-corrected chi connectivity index (χ3v) is 7.92. The van der Waals surface area contributed by atoms with Crippen LogP contribution in [0.3, 0.4) is 0 Å². The summed E-state index contributed by atoms with van der Waals surface area (Å²) in [6.45, 7) is 1.88. The average Bonchev–Trinajstić information content (AvgIpc) is 3.53. The summed E-state index contributed by atoms with van der Waals surface area (Å²) in [6.07, 6.45) is 7.85. The van der Waals surface area contributed by atoms with Crippen LogP contribution in [0.5, 0.6) is 0 Å². The fourth-order valence-electron chi connectivity index (χ4n) is 5.39. The highest BCUT2D eigenvalue weighted by Crippen LogP contribution is 2.37. The topological polar surface area (TPSA) is 97.9 Å².